The molecule has 0 aliphatic carbocycles. The molecule has 0 saturated carbocycles. The van der Waals surface area contributed by atoms with Crippen LogP contribution in [0.5, 0.6) is 0 Å². The van der Waals surface area contributed by atoms with E-state index in [-0.39, 0.29) is 18.5 Å². The first-order valence-electron chi connectivity index (χ1n) is 29.4. The van der Waals surface area contributed by atoms with E-state index in [1.54, 1.807) is 6.08 Å². The van der Waals surface area contributed by atoms with Gasteiger partial charge in [-0.15, -0.1) is 0 Å². The summed E-state index contributed by atoms with van der Waals surface area (Å²) in [5.74, 6) is -0.132. The smallest absolute Gasteiger partial charge is 0.305 e. The highest BCUT2D eigenvalue weighted by Gasteiger charge is 2.18. The minimum absolute atomic E-state index is 0.0384. The lowest BCUT2D eigenvalue weighted by molar-refractivity contribution is -0.143. The van der Waals surface area contributed by atoms with Crippen molar-refractivity contribution >= 4 is 11.9 Å². The van der Waals surface area contributed by atoms with Crippen LogP contribution in [0.1, 0.15) is 303 Å². The van der Waals surface area contributed by atoms with E-state index in [4.69, 9.17) is 4.74 Å². The van der Waals surface area contributed by atoms with E-state index in [0.717, 1.165) is 103 Å². The molecular weight excluding hydrogens is 827 g/mol. The lowest BCUT2D eigenvalue weighted by atomic mass is 10.0. The highest BCUT2D eigenvalue weighted by molar-refractivity contribution is 5.76. The zero-order valence-corrected chi connectivity index (χ0v) is 44.6. The number of aliphatic hydroxyl groups excluding tert-OH is 2. The second-order valence-corrected chi connectivity index (χ2v) is 20.0. The van der Waals surface area contributed by atoms with Crippen LogP contribution in [0.2, 0.25) is 0 Å². The third kappa shape index (κ3) is 53.0. The van der Waals surface area contributed by atoms with Crippen molar-refractivity contribution in [3.05, 3.63) is 48.6 Å². The van der Waals surface area contributed by atoms with E-state index in [2.05, 4.69) is 55.6 Å². The van der Waals surface area contributed by atoms with Gasteiger partial charge in [-0.05, 0) is 96.3 Å². The average molecular weight is 941 g/mol. The highest BCUT2D eigenvalue weighted by atomic mass is 16.5. The molecule has 0 aromatic carbocycles. The van der Waals surface area contributed by atoms with Gasteiger partial charge in [0, 0.05) is 12.8 Å². The zero-order chi connectivity index (χ0) is 48.6. The number of rotatable bonds is 54. The summed E-state index contributed by atoms with van der Waals surface area (Å²) in [5, 5.41) is 23.2. The van der Waals surface area contributed by atoms with Crippen LogP contribution in [0.15, 0.2) is 48.6 Å². The number of unbranched alkanes of at least 4 members (excludes halogenated alkanes) is 37. The summed E-state index contributed by atoms with van der Waals surface area (Å²) < 4.78 is 5.44. The van der Waals surface area contributed by atoms with Crippen molar-refractivity contribution in [1.29, 1.82) is 0 Å². The molecule has 1 amide bonds. The van der Waals surface area contributed by atoms with E-state index in [1.165, 1.54) is 173 Å². The maximum absolute atomic E-state index is 12.5. The summed E-state index contributed by atoms with van der Waals surface area (Å²) in [6, 6.07) is -0.649. The number of carbonyl (C=O) groups is 2. The Labute approximate surface area is 416 Å². The molecule has 0 rings (SSSR count). The quantitative estimate of drug-likeness (QED) is 0.0321. The van der Waals surface area contributed by atoms with E-state index < -0.39 is 12.1 Å². The van der Waals surface area contributed by atoms with Crippen LogP contribution >= 0.6 is 0 Å². The Morgan fingerprint density at radius 1 is 0.418 bits per heavy atom. The molecule has 3 N–H and O–H groups in total. The molecule has 0 aliphatic heterocycles. The van der Waals surface area contributed by atoms with Gasteiger partial charge < -0.3 is 20.3 Å². The Morgan fingerprint density at radius 3 is 1.18 bits per heavy atom. The first-order chi connectivity index (χ1) is 33.0. The number of esters is 1. The Kier molecular flexibility index (Phi) is 54.6. The van der Waals surface area contributed by atoms with Gasteiger partial charge in [0.15, 0.2) is 0 Å². The molecule has 0 aromatic rings. The normalized spacial score (nSPS) is 13.0. The molecule has 0 heterocycles. The molecule has 0 fully saturated rings. The van der Waals surface area contributed by atoms with Crippen LogP contribution in [-0.2, 0) is 14.3 Å². The molecule has 0 spiro atoms. The fourth-order valence-corrected chi connectivity index (χ4v) is 8.78. The minimum Gasteiger partial charge on any atom is -0.466 e. The molecule has 6 heteroatoms. The molecular formula is C61H113NO5. The van der Waals surface area contributed by atoms with E-state index in [0.29, 0.717) is 19.4 Å². The van der Waals surface area contributed by atoms with Crippen LogP contribution in [0.4, 0.5) is 0 Å². The van der Waals surface area contributed by atoms with Crippen molar-refractivity contribution in [1.82, 2.24) is 5.32 Å². The first kappa shape index (κ1) is 64.8. The molecule has 67 heavy (non-hydrogen) atoms. The molecule has 6 nitrogen and oxygen atoms in total. The van der Waals surface area contributed by atoms with Gasteiger partial charge in [0.05, 0.1) is 25.4 Å². The standard InChI is InChI=1S/C61H113NO5/c1-3-5-7-9-11-13-15-17-19-20-21-22-23-24-25-26-28-29-33-37-41-45-49-53-59(64)58(57-63)62-60(65)54-50-46-42-38-34-31-32-36-40-44-48-52-56-67-61(66)55-51-47-43-39-35-30-27-18-16-14-12-10-8-6-4-2/h12,14,18,27,32,36,49,53,58-59,63-64H,3-11,13,15-17,19-26,28-31,33-35,37-48,50-52,54-57H2,1-2H3,(H,62,65)/b14-12-,27-18-,36-32-,53-49+. The van der Waals surface area contributed by atoms with Crippen LogP contribution in [-0.4, -0.2) is 47.4 Å². The highest BCUT2D eigenvalue weighted by Crippen LogP contribution is 2.16. The summed E-state index contributed by atoms with van der Waals surface area (Å²) >= 11 is 0. The summed E-state index contributed by atoms with van der Waals surface area (Å²) in [7, 11) is 0. The number of hydrogen-bond donors (Lipinski definition) is 3. The fourth-order valence-electron chi connectivity index (χ4n) is 8.78. The number of hydrogen-bond acceptors (Lipinski definition) is 5. The molecule has 2 atom stereocenters. The Morgan fingerprint density at radius 2 is 0.746 bits per heavy atom. The largest absolute Gasteiger partial charge is 0.466 e. The van der Waals surface area contributed by atoms with Crippen LogP contribution in [0.3, 0.4) is 0 Å². The number of ether oxygens (including phenoxy) is 1. The lowest BCUT2D eigenvalue weighted by Gasteiger charge is -2.20. The van der Waals surface area contributed by atoms with Crippen LogP contribution < -0.4 is 5.32 Å². The van der Waals surface area contributed by atoms with Crippen molar-refractivity contribution < 1.29 is 24.5 Å². The molecule has 0 radical (unpaired) electrons. The van der Waals surface area contributed by atoms with Crippen LogP contribution in [0, 0.1) is 0 Å². The van der Waals surface area contributed by atoms with Gasteiger partial charge in [-0.2, -0.15) is 0 Å². The second kappa shape index (κ2) is 56.4. The van der Waals surface area contributed by atoms with Crippen molar-refractivity contribution in [2.45, 2.75) is 315 Å². The van der Waals surface area contributed by atoms with Gasteiger partial charge in [-0.25, -0.2) is 0 Å². The number of carbonyl (C=O) groups excluding carboxylic acids is 2. The Bertz CT molecular complexity index is 1130. The van der Waals surface area contributed by atoms with E-state index in [1.807, 2.05) is 6.08 Å². The molecule has 0 bridgehead atoms. The predicted octanol–water partition coefficient (Wildman–Crippen LogP) is 18.2. The van der Waals surface area contributed by atoms with Gasteiger partial charge in [0.2, 0.25) is 5.91 Å². The molecule has 2 unspecified atom stereocenters. The number of allylic oxidation sites excluding steroid dienone is 7. The Hall–Kier alpha value is -2.18. The summed E-state index contributed by atoms with van der Waals surface area (Å²) in [6.45, 7) is 4.82. The van der Waals surface area contributed by atoms with Gasteiger partial charge in [0.1, 0.15) is 0 Å². The van der Waals surface area contributed by atoms with E-state index in [9.17, 15) is 19.8 Å². The molecule has 0 aromatic heterocycles. The van der Waals surface area contributed by atoms with Crippen molar-refractivity contribution in [2.24, 2.45) is 0 Å². The zero-order valence-electron chi connectivity index (χ0n) is 44.6. The number of amides is 1. The van der Waals surface area contributed by atoms with Crippen molar-refractivity contribution in [3.8, 4) is 0 Å². The second-order valence-electron chi connectivity index (χ2n) is 20.0. The SMILES string of the molecule is CCCCC/C=C\C/C=C\CCCCCCCC(=O)OCCCCC/C=C\CCCCCCCC(=O)NC(CO)C(O)/C=C/CCCCCCCCCCCCCCCCCCCCCCC. The van der Waals surface area contributed by atoms with Gasteiger partial charge >= 0.3 is 5.97 Å². The average Bonchev–Trinajstić information content (AvgIpc) is 3.33. The van der Waals surface area contributed by atoms with E-state index >= 15 is 0 Å². The minimum atomic E-state index is -0.863. The van der Waals surface area contributed by atoms with Gasteiger partial charge in [0.25, 0.3) is 0 Å². The van der Waals surface area contributed by atoms with Crippen LogP contribution in [0.25, 0.3) is 0 Å². The van der Waals surface area contributed by atoms with Crippen molar-refractivity contribution in [3.63, 3.8) is 0 Å². The van der Waals surface area contributed by atoms with Crippen molar-refractivity contribution in [2.75, 3.05) is 13.2 Å². The first-order valence-corrected chi connectivity index (χ1v) is 29.4. The van der Waals surface area contributed by atoms with Gasteiger partial charge in [-0.1, -0.05) is 242 Å². The Balaban J connectivity index is 3.54. The summed E-state index contributed by atoms with van der Waals surface area (Å²) in [6.07, 6.45) is 71.3. The summed E-state index contributed by atoms with van der Waals surface area (Å²) in [5.41, 5.74) is 0. The lowest BCUT2D eigenvalue weighted by Crippen LogP contribution is -2.45. The molecule has 0 saturated heterocycles. The monoisotopic (exact) mass is 940 g/mol. The summed E-state index contributed by atoms with van der Waals surface area (Å²) in [4.78, 5) is 24.5. The maximum atomic E-state index is 12.5. The fraction of sp³-hybridized carbons (Fsp3) is 0.836. The van der Waals surface area contributed by atoms with Gasteiger partial charge in [-0.3, -0.25) is 9.59 Å². The number of aliphatic hydroxyl groups is 2. The topological polar surface area (TPSA) is 95.9 Å². The predicted molar refractivity (Wildman–Crippen MR) is 292 cm³/mol. The third-order valence-electron chi connectivity index (χ3n) is 13.3. The molecule has 392 valence electrons. The number of nitrogens with one attached hydrogen (secondary N) is 1. The molecule has 0 aliphatic rings. The maximum Gasteiger partial charge on any atom is 0.305 e. The third-order valence-corrected chi connectivity index (χ3v) is 13.3.